The molecule has 0 radical (unpaired) electrons. The molecule has 6 heteroatoms. The molecule has 1 amide bonds. The minimum Gasteiger partial charge on any atom is -0.462 e. The summed E-state index contributed by atoms with van der Waals surface area (Å²) in [6.45, 7) is 6.48. The number of allylic oxidation sites excluding steroid dienone is 4. The molecule has 0 fully saturated rings. The van der Waals surface area contributed by atoms with Crippen LogP contribution in [0.1, 0.15) is 284 Å². The molecule has 0 spiro atoms. The molecule has 60 heavy (non-hydrogen) atoms. The van der Waals surface area contributed by atoms with Crippen LogP contribution in [0, 0.1) is 0 Å². The zero-order chi connectivity index (χ0) is 43.8. The zero-order valence-electron chi connectivity index (χ0n) is 40.4. The van der Waals surface area contributed by atoms with Crippen LogP contribution in [0.4, 0.5) is 0 Å². The molecule has 354 valence electrons. The van der Waals surface area contributed by atoms with Gasteiger partial charge < -0.3 is 20.3 Å². The maximum atomic E-state index is 13.2. The zero-order valence-corrected chi connectivity index (χ0v) is 40.4. The average Bonchev–Trinajstić information content (AvgIpc) is 3.24. The Labute approximate surface area is 373 Å². The first-order chi connectivity index (χ1) is 29.5. The van der Waals surface area contributed by atoms with Crippen LogP contribution < -0.4 is 5.32 Å². The van der Waals surface area contributed by atoms with E-state index in [0.29, 0.717) is 19.3 Å². The summed E-state index contributed by atoms with van der Waals surface area (Å²) in [5.41, 5.74) is 0. The van der Waals surface area contributed by atoms with Crippen LogP contribution >= 0.6 is 0 Å². The molecule has 3 atom stereocenters. The molecule has 0 aromatic heterocycles. The lowest BCUT2D eigenvalue weighted by molar-refractivity contribution is -0.151. The van der Waals surface area contributed by atoms with Crippen LogP contribution in [-0.2, 0) is 14.3 Å². The van der Waals surface area contributed by atoms with Gasteiger partial charge in [-0.15, -0.1) is 0 Å². The van der Waals surface area contributed by atoms with Gasteiger partial charge in [0.15, 0.2) is 0 Å². The predicted octanol–water partition coefficient (Wildman–Crippen LogP) is 15.9. The molecule has 0 bridgehead atoms. The van der Waals surface area contributed by atoms with Crippen molar-refractivity contribution in [2.24, 2.45) is 0 Å². The Kier molecular flexibility index (Phi) is 47.0. The van der Waals surface area contributed by atoms with Gasteiger partial charge >= 0.3 is 5.97 Å². The van der Waals surface area contributed by atoms with E-state index in [-0.39, 0.29) is 24.9 Å². The molecule has 0 heterocycles. The number of ether oxygens (including phenoxy) is 1. The normalized spacial score (nSPS) is 13.3. The van der Waals surface area contributed by atoms with Gasteiger partial charge in [-0.3, -0.25) is 9.59 Å². The van der Waals surface area contributed by atoms with Gasteiger partial charge in [0.05, 0.1) is 25.2 Å². The monoisotopic (exact) mass is 846 g/mol. The van der Waals surface area contributed by atoms with Gasteiger partial charge in [0.1, 0.15) is 6.10 Å². The van der Waals surface area contributed by atoms with E-state index in [1.807, 2.05) is 0 Å². The first-order valence-electron chi connectivity index (χ1n) is 26.6. The number of carbonyl (C=O) groups is 2. The Morgan fingerprint density at radius 2 is 0.833 bits per heavy atom. The Bertz CT molecular complexity index is 950. The number of hydrogen-bond acceptors (Lipinski definition) is 5. The van der Waals surface area contributed by atoms with E-state index in [4.69, 9.17) is 4.74 Å². The summed E-state index contributed by atoms with van der Waals surface area (Å²) < 4.78 is 5.92. The Morgan fingerprint density at radius 3 is 1.23 bits per heavy atom. The van der Waals surface area contributed by atoms with E-state index in [2.05, 4.69) is 50.4 Å². The first kappa shape index (κ1) is 58.3. The van der Waals surface area contributed by atoms with Gasteiger partial charge in [-0.05, 0) is 51.4 Å². The van der Waals surface area contributed by atoms with Gasteiger partial charge in [0.2, 0.25) is 5.91 Å². The highest BCUT2D eigenvalue weighted by Crippen LogP contribution is 2.18. The van der Waals surface area contributed by atoms with Crippen molar-refractivity contribution in [1.29, 1.82) is 0 Å². The second-order valence-electron chi connectivity index (χ2n) is 18.3. The molecule has 0 saturated carbocycles. The van der Waals surface area contributed by atoms with Gasteiger partial charge in [-0.2, -0.15) is 0 Å². The molecule has 6 nitrogen and oxygen atoms in total. The summed E-state index contributed by atoms with van der Waals surface area (Å²) in [5, 5.41) is 23.8. The molecule has 3 N–H and O–H groups in total. The second kappa shape index (κ2) is 48.4. The van der Waals surface area contributed by atoms with Crippen LogP contribution in [0.2, 0.25) is 0 Å². The molecule has 3 unspecified atom stereocenters. The lowest BCUT2D eigenvalue weighted by Gasteiger charge is -2.24. The van der Waals surface area contributed by atoms with Crippen molar-refractivity contribution in [3.05, 3.63) is 24.3 Å². The third kappa shape index (κ3) is 43.0. The highest BCUT2D eigenvalue weighted by molar-refractivity contribution is 5.77. The predicted molar refractivity (Wildman–Crippen MR) is 260 cm³/mol. The summed E-state index contributed by atoms with van der Waals surface area (Å²) in [6, 6.07) is -0.701. The molecule has 0 aromatic rings. The smallest absolute Gasteiger partial charge is 0.306 e. The second-order valence-corrected chi connectivity index (χ2v) is 18.3. The SMILES string of the molecule is CCCCCCCCC/C=C/C=C/CCCCCC(=O)OC(CCCCCCCCCCCC)CC(=O)NC(CO)C(O)CCCCCCCCCCCCCCCCC. The van der Waals surface area contributed by atoms with Crippen LogP contribution in [0.15, 0.2) is 24.3 Å². The minimum absolute atomic E-state index is 0.0720. The van der Waals surface area contributed by atoms with E-state index < -0.39 is 18.2 Å². The summed E-state index contributed by atoms with van der Waals surface area (Å²) in [5.74, 6) is -0.492. The first-order valence-corrected chi connectivity index (χ1v) is 26.6. The van der Waals surface area contributed by atoms with E-state index in [1.165, 1.54) is 180 Å². The fourth-order valence-electron chi connectivity index (χ4n) is 8.25. The Hall–Kier alpha value is -1.66. The largest absolute Gasteiger partial charge is 0.462 e. The number of aliphatic hydroxyl groups excluding tert-OH is 2. The maximum absolute atomic E-state index is 13.2. The van der Waals surface area contributed by atoms with Crippen molar-refractivity contribution >= 4 is 11.9 Å². The summed E-state index contributed by atoms with van der Waals surface area (Å²) in [6.07, 6.45) is 55.3. The Morgan fingerprint density at radius 1 is 0.483 bits per heavy atom. The van der Waals surface area contributed by atoms with Gasteiger partial charge in [-0.25, -0.2) is 0 Å². The third-order valence-corrected chi connectivity index (χ3v) is 12.3. The standard InChI is InChI=1S/C54H103NO5/c1-4-7-10-13-16-19-22-24-26-28-30-32-35-38-41-44-47-54(59)60-50(45-42-39-36-33-21-18-15-12-9-6-3)48-53(58)55-51(49-56)52(57)46-43-40-37-34-31-29-27-25-23-20-17-14-11-8-5-2/h26,28,30,32,50-52,56-57H,4-25,27,29,31,33-49H2,1-3H3,(H,55,58)/b28-26+,32-30+. The number of nitrogens with one attached hydrogen (secondary N) is 1. The van der Waals surface area contributed by atoms with Gasteiger partial charge in [0.25, 0.3) is 0 Å². The van der Waals surface area contributed by atoms with Gasteiger partial charge in [0, 0.05) is 6.42 Å². The molecule has 0 rings (SSSR count). The lowest BCUT2D eigenvalue weighted by Crippen LogP contribution is -2.46. The van der Waals surface area contributed by atoms with Crippen molar-refractivity contribution in [1.82, 2.24) is 5.32 Å². The highest BCUT2D eigenvalue weighted by Gasteiger charge is 2.24. The number of hydrogen-bond donors (Lipinski definition) is 3. The summed E-state index contributed by atoms with van der Waals surface area (Å²) in [4.78, 5) is 26.1. The number of amides is 1. The van der Waals surface area contributed by atoms with Crippen molar-refractivity contribution < 1.29 is 24.5 Å². The van der Waals surface area contributed by atoms with Crippen molar-refractivity contribution in [3.8, 4) is 0 Å². The van der Waals surface area contributed by atoms with Crippen molar-refractivity contribution in [3.63, 3.8) is 0 Å². The quantitative estimate of drug-likeness (QED) is 0.0322. The van der Waals surface area contributed by atoms with Crippen LogP contribution in [0.5, 0.6) is 0 Å². The van der Waals surface area contributed by atoms with E-state index in [0.717, 1.165) is 57.8 Å². The number of rotatable bonds is 48. The maximum Gasteiger partial charge on any atom is 0.306 e. The molecule has 0 aliphatic rings. The number of unbranched alkanes of at least 4 members (excludes halogenated alkanes) is 33. The van der Waals surface area contributed by atoms with Crippen molar-refractivity contribution in [2.75, 3.05) is 6.61 Å². The van der Waals surface area contributed by atoms with E-state index in [9.17, 15) is 19.8 Å². The van der Waals surface area contributed by atoms with Crippen molar-refractivity contribution in [2.45, 2.75) is 302 Å². The summed E-state index contributed by atoms with van der Waals surface area (Å²) in [7, 11) is 0. The number of carbonyl (C=O) groups excluding carboxylic acids is 2. The molecule has 0 saturated heterocycles. The minimum atomic E-state index is -0.787. The summed E-state index contributed by atoms with van der Waals surface area (Å²) >= 11 is 0. The third-order valence-electron chi connectivity index (χ3n) is 12.3. The van der Waals surface area contributed by atoms with E-state index in [1.54, 1.807) is 0 Å². The highest BCUT2D eigenvalue weighted by atomic mass is 16.5. The average molecular weight is 846 g/mol. The molecular weight excluding hydrogens is 743 g/mol. The van der Waals surface area contributed by atoms with Gasteiger partial charge in [-0.1, -0.05) is 244 Å². The van der Waals surface area contributed by atoms with Crippen LogP contribution in [-0.4, -0.2) is 46.9 Å². The van der Waals surface area contributed by atoms with E-state index >= 15 is 0 Å². The Balaban J connectivity index is 4.49. The molecular formula is C54H103NO5. The molecule has 0 aromatic carbocycles. The number of esters is 1. The molecule has 0 aliphatic carbocycles. The fraction of sp³-hybridized carbons (Fsp3) is 0.889. The topological polar surface area (TPSA) is 95.9 Å². The lowest BCUT2D eigenvalue weighted by atomic mass is 10.0. The fourth-order valence-corrected chi connectivity index (χ4v) is 8.25. The molecule has 0 aliphatic heterocycles. The number of aliphatic hydroxyl groups is 2. The van der Waals surface area contributed by atoms with Crippen LogP contribution in [0.3, 0.4) is 0 Å². The van der Waals surface area contributed by atoms with Crippen LogP contribution in [0.25, 0.3) is 0 Å².